The van der Waals surface area contributed by atoms with Crippen LogP contribution in [0.4, 0.5) is 0 Å². The van der Waals surface area contributed by atoms with Crippen LogP contribution in [0.3, 0.4) is 0 Å². The molecule has 0 heterocycles. The Kier molecular flexibility index (Phi) is 5.58. The summed E-state index contributed by atoms with van der Waals surface area (Å²) >= 11 is 0. The Labute approximate surface area is 114 Å². The van der Waals surface area contributed by atoms with Crippen LogP contribution in [0.5, 0.6) is 0 Å². The van der Waals surface area contributed by atoms with Crippen LogP contribution in [0, 0.1) is 17.8 Å². The van der Waals surface area contributed by atoms with E-state index in [1.54, 1.807) is 0 Å². The van der Waals surface area contributed by atoms with Crippen LogP contribution < -0.4 is 0 Å². The zero-order valence-electron chi connectivity index (χ0n) is 12.2. The molecule has 0 bridgehead atoms. The molecule has 0 aromatic heterocycles. The highest BCUT2D eigenvalue weighted by Gasteiger charge is 2.33. The maximum Gasteiger partial charge on any atom is 0.334 e. The fourth-order valence-electron chi connectivity index (χ4n) is 2.72. The first-order valence-electron chi connectivity index (χ1n) is 6.93. The predicted molar refractivity (Wildman–Crippen MR) is 72.6 cm³/mol. The second-order valence-corrected chi connectivity index (χ2v) is 5.94. The van der Waals surface area contributed by atoms with E-state index in [9.17, 15) is 9.59 Å². The van der Waals surface area contributed by atoms with E-state index in [2.05, 4.69) is 20.8 Å². The molecule has 0 saturated heterocycles. The Morgan fingerprint density at radius 3 is 2.47 bits per heavy atom. The van der Waals surface area contributed by atoms with Crippen LogP contribution in [0.15, 0.2) is 11.6 Å². The zero-order chi connectivity index (χ0) is 14.6. The van der Waals surface area contributed by atoms with Crippen LogP contribution in [-0.4, -0.2) is 23.1 Å². The van der Waals surface area contributed by atoms with Crippen molar-refractivity contribution in [1.29, 1.82) is 0 Å². The Bertz CT molecular complexity index is 370. The summed E-state index contributed by atoms with van der Waals surface area (Å²) in [6, 6.07) is 0. The summed E-state index contributed by atoms with van der Waals surface area (Å²) < 4.78 is 5.53. The lowest BCUT2D eigenvalue weighted by Crippen LogP contribution is -2.36. The van der Waals surface area contributed by atoms with Gasteiger partial charge in [-0.05, 0) is 37.5 Å². The van der Waals surface area contributed by atoms with Crippen molar-refractivity contribution >= 4 is 11.9 Å². The lowest BCUT2D eigenvalue weighted by atomic mass is 9.75. The Balaban J connectivity index is 2.71. The van der Waals surface area contributed by atoms with Crippen molar-refractivity contribution in [2.45, 2.75) is 53.1 Å². The molecular weight excluding hydrogens is 244 g/mol. The van der Waals surface area contributed by atoms with Gasteiger partial charge in [0, 0.05) is 11.6 Å². The minimum Gasteiger partial charge on any atom is -0.478 e. The number of hydrogen-bond acceptors (Lipinski definition) is 3. The van der Waals surface area contributed by atoms with Gasteiger partial charge in [0.1, 0.15) is 6.10 Å². The van der Waals surface area contributed by atoms with E-state index in [1.807, 2.05) is 0 Å². The van der Waals surface area contributed by atoms with Gasteiger partial charge in [-0.15, -0.1) is 0 Å². The van der Waals surface area contributed by atoms with Gasteiger partial charge in [-0.2, -0.15) is 0 Å². The molecule has 4 nitrogen and oxygen atoms in total. The molecule has 1 N–H and O–H groups in total. The third-order valence-electron chi connectivity index (χ3n) is 3.88. The van der Waals surface area contributed by atoms with Crippen molar-refractivity contribution < 1.29 is 19.4 Å². The number of carbonyl (C=O) groups is 2. The van der Waals surface area contributed by atoms with E-state index in [-0.39, 0.29) is 11.7 Å². The molecule has 1 fully saturated rings. The molecule has 19 heavy (non-hydrogen) atoms. The quantitative estimate of drug-likeness (QED) is 0.629. The molecule has 0 aromatic carbocycles. The van der Waals surface area contributed by atoms with E-state index in [1.165, 1.54) is 13.3 Å². The van der Waals surface area contributed by atoms with Crippen LogP contribution in [-0.2, 0) is 14.3 Å². The molecule has 0 spiro atoms. The maximum atomic E-state index is 11.9. The molecule has 4 heteroatoms. The molecule has 1 rings (SSSR count). The third-order valence-corrected chi connectivity index (χ3v) is 3.88. The van der Waals surface area contributed by atoms with Gasteiger partial charge >= 0.3 is 11.9 Å². The van der Waals surface area contributed by atoms with Crippen molar-refractivity contribution in [2.75, 3.05) is 0 Å². The molecule has 3 atom stereocenters. The van der Waals surface area contributed by atoms with Gasteiger partial charge in [0.15, 0.2) is 0 Å². The Hall–Kier alpha value is -1.32. The summed E-state index contributed by atoms with van der Waals surface area (Å²) in [6.45, 7) is 7.92. The molecule has 3 unspecified atom stereocenters. The minimum absolute atomic E-state index is 0.0894. The SMILES string of the molecule is C/C(=C/C(=O)O)C(=O)OC1CC(C)CCC1C(C)C. The van der Waals surface area contributed by atoms with E-state index >= 15 is 0 Å². The second-order valence-electron chi connectivity index (χ2n) is 5.94. The van der Waals surface area contributed by atoms with Crippen LogP contribution >= 0.6 is 0 Å². The van der Waals surface area contributed by atoms with Crippen molar-refractivity contribution in [3.05, 3.63) is 11.6 Å². The van der Waals surface area contributed by atoms with Crippen molar-refractivity contribution in [3.8, 4) is 0 Å². The molecule has 0 amide bonds. The number of hydrogen-bond donors (Lipinski definition) is 1. The number of rotatable bonds is 4. The largest absolute Gasteiger partial charge is 0.478 e. The van der Waals surface area contributed by atoms with Gasteiger partial charge in [-0.1, -0.05) is 27.2 Å². The fraction of sp³-hybridized carbons (Fsp3) is 0.733. The van der Waals surface area contributed by atoms with Gasteiger partial charge in [-0.25, -0.2) is 9.59 Å². The van der Waals surface area contributed by atoms with E-state index < -0.39 is 11.9 Å². The summed E-state index contributed by atoms with van der Waals surface area (Å²) in [5.41, 5.74) is 0.147. The minimum atomic E-state index is -1.12. The number of esters is 1. The van der Waals surface area contributed by atoms with Crippen LogP contribution in [0.2, 0.25) is 0 Å². The van der Waals surface area contributed by atoms with Gasteiger partial charge in [-0.3, -0.25) is 0 Å². The summed E-state index contributed by atoms with van der Waals surface area (Å²) in [5, 5.41) is 8.64. The van der Waals surface area contributed by atoms with E-state index in [0.29, 0.717) is 17.8 Å². The number of carboxylic acid groups (broad SMARTS) is 1. The lowest BCUT2D eigenvalue weighted by molar-refractivity contribution is -0.151. The smallest absolute Gasteiger partial charge is 0.334 e. The molecule has 1 aliphatic carbocycles. The monoisotopic (exact) mass is 268 g/mol. The summed E-state index contributed by atoms with van der Waals surface area (Å²) in [4.78, 5) is 22.4. The molecule has 108 valence electrons. The highest BCUT2D eigenvalue weighted by Crippen LogP contribution is 2.35. The zero-order valence-corrected chi connectivity index (χ0v) is 12.2. The highest BCUT2D eigenvalue weighted by atomic mass is 16.5. The number of ether oxygens (including phenoxy) is 1. The average molecular weight is 268 g/mol. The third kappa shape index (κ3) is 4.69. The number of carboxylic acids is 1. The Morgan fingerprint density at radius 1 is 1.32 bits per heavy atom. The molecule has 0 aromatic rings. The normalized spacial score (nSPS) is 28.3. The molecule has 1 aliphatic rings. The highest BCUT2D eigenvalue weighted by molar-refractivity contribution is 5.95. The fourth-order valence-corrected chi connectivity index (χ4v) is 2.72. The maximum absolute atomic E-state index is 11.9. The van der Waals surface area contributed by atoms with E-state index in [4.69, 9.17) is 9.84 Å². The van der Waals surface area contributed by atoms with Crippen molar-refractivity contribution in [2.24, 2.45) is 17.8 Å². The van der Waals surface area contributed by atoms with Crippen molar-refractivity contribution in [1.82, 2.24) is 0 Å². The first-order valence-corrected chi connectivity index (χ1v) is 6.93. The average Bonchev–Trinajstić information content (AvgIpc) is 2.27. The summed E-state index contributed by atoms with van der Waals surface area (Å²) in [6.07, 6.45) is 3.92. The topological polar surface area (TPSA) is 63.6 Å². The second kappa shape index (κ2) is 6.73. The summed E-state index contributed by atoms with van der Waals surface area (Å²) in [5.74, 6) is -0.234. The van der Waals surface area contributed by atoms with Gasteiger partial charge < -0.3 is 9.84 Å². The molecular formula is C15H24O4. The molecule has 0 aliphatic heterocycles. The lowest BCUT2D eigenvalue weighted by Gasteiger charge is -2.36. The van der Waals surface area contributed by atoms with Gasteiger partial charge in [0.25, 0.3) is 0 Å². The van der Waals surface area contributed by atoms with Gasteiger partial charge in [0.2, 0.25) is 0 Å². The van der Waals surface area contributed by atoms with E-state index in [0.717, 1.165) is 18.9 Å². The number of aliphatic carboxylic acids is 1. The van der Waals surface area contributed by atoms with Crippen molar-refractivity contribution in [3.63, 3.8) is 0 Å². The molecule has 0 radical (unpaired) electrons. The standard InChI is InChI=1S/C15H24O4/c1-9(2)12-6-5-10(3)7-13(12)19-15(18)11(4)8-14(16)17/h8-10,12-13H,5-7H2,1-4H3,(H,16,17)/b11-8-. The molecule has 1 saturated carbocycles. The van der Waals surface area contributed by atoms with Gasteiger partial charge in [0.05, 0.1) is 0 Å². The first-order chi connectivity index (χ1) is 8.81. The van der Waals surface area contributed by atoms with Crippen LogP contribution in [0.1, 0.15) is 47.0 Å². The Morgan fingerprint density at radius 2 is 1.95 bits per heavy atom. The van der Waals surface area contributed by atoms with Crippen LogP contribution in [0.25, 0.3) is 0 Å². The predicted octanol–water partition coefficient (Wildman–Crippen LogP) is 3.02. The number of carbonyl (C=O) groups excluding carboxylic acids is 1. The summed E-state index contributed by atoms with van der Waals surface area (Å²) in [7, 11) is 0. The first kappa shape index (κ1) is 15.7.